The lowest BCUT2D eigenvalue weighted by Gasteiger charge is -2.12. The molecule has 0 radical (unpaired) electrons. The summed E-state index contributed by atoms with van der Waals surface area (Å²) >= 11 is 6.00. The number of carbonyl (C=O) groups excluding carboxylic acids is 2. The Morgan fingerprint density at radius 3 is 2.52 bits per heavy atom. The largest absolute Gasteiger partial charge is 0.450 e. The van der Waals surface area contributed by atoms with Gasteiger partial charge in [-0.2, -0.15) is 0 Å². The van der Waals surface area contributed by atoms with Crippen molar-refractivity contribution in [3.05, 3.63) is 80.7 Å². The number of hydrogen-bond donors (Lipinski definition) is 1. The van der Waals surface area contributed by atoms with Crippen LogP contribution in [0.5, 0.6) is 0 Å². The number of fused-ring (bicyclic) bond motifs is 1. The maximum atomic E-state index is 13.1. The fourth-order valence-corrected chi connectivity index (χ4v) is 3.12. The molecule has 0 aliphatic rings. The van der Waals surface area contributed by atoms with Gasteiger partial charge in [-0.05, 0) is 45.3 Å². The molecule has 0 bridgehead atoms. The highest BCUT2D eigenvalue weighted by Crippen LogP contribution is 2.21. The summed E-state index contributed by atoms with van der Waals surface area (Å²) in [5.74, 6) is -1.46. The van der Waals surface area contributed by atoms with Crippen LogP contribution in [0.15, 0.2) is 57.7 Å². The van der Waals surface area contributed by atoms with Crippen molar-refractivity contribution >= 4 is 34.3 Å². The molecule has 1 aromatic heterocycles. The lowest BCUT2D eigenvalue weighted by atomic mass is 10.00. The molecule has 2 aromatic carbocycles. The van der Waals surface area contributed by atoms with Gasteiger partial charge in [-0.1, -0.05) is 41.9 Å². The maximum absolute atomic E-state index is 13.1. The minimum atomic E-state index is -0.600. The van der Waals surface area contributed by atoms with E-state index in [1.54, 1.807) is 36.4 Å². The molecule has 6 nitrogen and oxygen atoms in total. The number of hydrogen-bond acceptors (Lipinski definition) is 5. The van der Waals surface area contributed by atoms with Gasteiger partial charge >= 0.3 is 0 Å². The van der Waals surface area contributed by atoms with Crippen LogP contribution in [-0.2, 0) is 0 Å². The summed E-state index contributed by atoms with van der Waals surface area (Å²) in [6.45, 7) is 1.18. The van der Waals surface area contributed by atoms with Crippen LogP contribution in [0.1, 0.15) is 32.9 Å². The zero-order chi connectivity index (χ0) is 21.0. The second-order valence-corrected chi connectivity index (χ2v) is 7.32. The third-order valence-corrected chi connectivity index (χ3v) is 4.62. The summed E-state index contributed by atoms with van der Waals surface area (Å²) in [5, 5.41) is 3.22. The second kappa shape index (κ2) is 9.03. The average Bonchev–Trinajstić information content (AvgIpc) is 2.71. The third-order valence-electron chi connectivity index (χ3n) is 4.39. The lowest BCUT2D eigenvalue weighted by molar-refractivity contribution is 0.0912. The zero-order valence-electron chi connectivity index (χ0n) is 16.2. The first kappa shape index (κ1) is 20.8. The molecular formula is C22H21ClN2O4. The van der Waals surface area contributed by atoms with E-state index in [1.165, 1.54) is 12.1 Å². The van der Waals surface area contributed by atoms with E-state index in [2.05, 4.69) is 5.32 Å². The molecule has 0 aliphatic heterocycles. The molecular weight excluding hydrogens is 392 g/mol. The van der Waals surface area contributed by atoms with Crippen LogP contribution in [0.2, 0.25) is 5.02 Å². The van der Waals surface area contributed by atoms with E-state index in [1.807, 2.05) is 19.0 Å². The number of nitrogens with zero attached hydrogens (tertiary/aromatic N) is 1. The van der Waals surface area contributed by atoms with Gasteiger partial charge in [0.15, 0.2) is 0 Å². The van der Waals surface area contributed by atoms with Gasteiger partial charge < -0.3 is 14.6 Å². The number of benzene rings is 2. The first-order valence-corrected chi connectivity index (χ1v) is 9.55. The van der Waals surface area contributed by atoms with Gasteiger partial charge in [0.25, 0.3) is 5.91 Å². The van der Waals surface area contributed by atoms with Crippen molar-refractivity contribution in [1.29, 1.82) is 0 Å². The molecule has 1 heterocycles. The molecule has 0 saturated heterocycles. The highest BCUT2D eigenvalue weighted by Gasteiger charge is 2.26. The van der Waals surface area contributed by atoms with Crippen LogP contribution in [0.4, 0.5) is 0 Å². The molecule has 3 aromatic rings. The van der Waals surface area contributed by atoms with E-state index in [9.17, 15) is 14.4 Å². The zero-order valence-corrected chi connectivity index (χ0v) is 17.0. The molecule has 3 rings (SSSR count). The number of nitrogens with one attached hydrogen (secondary N) is 1. The SMILES string of the molecule is CN(C)CCCNC(=O)c1oc2ccc(Cl)cc2c(=O)c1C(=O)c1ccccc1. The molecule has 0 fully saturated rings. The number of ketones is 1. The van der Waals surface area contributed by atoms with Crippen molar-refractivity contribution in [2.75, 3.05) is 27.2 Å². The monoisotopic (exact) mass is 412 g/mol. The van der Waals surface area contributed by atoms with E-state index < -0.39 is 17.1 Å². The van der Waals surface area contributed by atoms with E-state index in [0.717, 1.165) is 6.54 Å². The van der Waals surface area contributed by atoms with Crippen molar-refractivity contribution < 1.29 is 14.0 Å². The Balaban J connectivity index is 2.07. The summed E-state index contributed by atoms with van der Waals surface area (Å²) in [5.41, 5.74) is -0.387. The summed E-state index contributed by atoms with van der Waals surface area (Å²) in [6, 6.07) is 12.8. The molecule has 0 atom stereocenters. The first-order valence-electron chi connectivity index (χ1n) is 9.17. The summed E-state index contributed by atoms with van der Waals surface area (Å²) in [6.07, 6.45) is 0.716. The molecule has 0 unspecified atom stereocenters. The van der Waals surface area contributed by atoms with Crippen LogP contribution in [0.25, 0.3) is 11.0 Å². The van der Waals surface area contributed by atoms with Gasteiger partial charge in [-0.25, -0.2) is 0 Å². The topological polar surface area (TPSA) is 79.6 Å². The van der Waals surface area contributed by atoms with Gasteiger partial charge in [-0.15, -0.1) is 0 Å². The molecule has 0 saturated carbocycles. The lowest BCUT2D eigenvalue weighted by Crippen LogP contribution is -2.31. The molecule has 7 heteroatoms. The van der Waals surface area contributed by atoms with E-state index in [-0.39, 0.29) is 22.3 Å². The molecule has 1 N–H and O–H groups in total. The van der Waals surface area contributed by atoms with Crippen molar-refractivity contribution in [3.8, 4) is 0 Å². The molecule has 29 heavy (non-hydrogen) atoms. The summed E-state index contributed by atoms with van der Waals surface area (Å²) in [7, 11) is 3.87. The Morgan fingerprint density at radius 1 is 1.10 bits per heavy atom. The standard InChI is InChI=1S/C22H21ClN2O4/c1-25(2)12-6-11-24-22(28)21-18(19(26)14-7-4-3-5-8-14)20(27)16-13-15(23)9-10-17(16)29-21/h3-5,7-10,13H,6,11-12H2,1-2H3,(H,24,28). The van der Waals surface area contributed by atoms with Crippen LogP contribution in [0, 0.1) is 0 Å². The van der Waals surface area contributed by atoms with Crippen LogP contribution in [0.3, 0.4) is 0 Å². The Kier molecular flexibility index (Phi) is 6.46. The smallest absolute Gasteiger partial charge is 0.287 e. The fraction of sp³-hybridized carbons (Fsp3) is 0.227. The number of amides is 1. The number of rotatable bonds is 7. The minimum Gasteiger partial charge on any atom is -0.450 e. The van der Waals surface area contributed by atoms with Crippen LogP contribution >= 0.6 is 11.6 Å². The molecule has 1 amide bonds. The second-order valence-electron chi connectivity index (χ2n) is 6.88. The van der Waals surface area contributed by atoms with Crippen molar-refractivity contribution in [1.82, 2.24) is 10.2 Å². The van der Waals surface area contributed by atoms with Crippen LogP contribution in [-0.4, -0.2) is 43.8 Å². The number of carbonyl (C=O) groups is 2. The molecule has 0 spiro atoms. The first-order chi connectivity index (χ1) is 13.9. The Labute approximate surface area is 173 Å². The van der Waals surface area contributed by atoms with E-state index >= 15 is 0 Å². The molecule has 150 valence electrons. The van der Waals surface area contributed by atoms with E-state index in [0.29, 0.717) is 23.6 Å². The van der Waals surface area contributed by atoms with Gasteiger partial charge in [0.1, 0.15) is 11.1 Å². The van der Waals surface area contributed by atoms with Gasteiger partial charge in [0.05, 0.1) is 5.39 Å². The Bertz CT molecular complexity index is 1110. The minimum absolute atomic E-state index is 0.154. The van der Waals surface area contributed by atoms with Gasteiger partial charge in [0.2, 0.25) is 17.0 Å². The highest BCUT2D eigenvalue weighted by molar-refractivity contribution is 6.31. The van der Waals surface area contributed by atoms with Gasteiger partial charge in [0, 0.05) is 17.1 Å². The average molecular weight is 413 g/mol. The predicted octanol–water partition coefficient (Wildman–Crippen LogP) is 3.36. The van der Waals surface area contributed by atoms with Crippen molar-refractivity contribution in [2.45, 2.75) is 6.42 Å². The Hall–Kier alpha value is -2.96. The molecule has 0 aliphatic carbocycles. The van der Waals surface area contributed by atoms with Crippen molar-refractivity contribution in [3.63, 3.8) is 0 Å². The summed E-state index contributed by atoms with van der Waals surface area (Å²) < 4.78 is 5.71. The predicted molar refractivity (Wildman–Crippen MR) is 113 cm³/mol. The van der Waals surface area contributed by atoms with Crippen molar-refractivity contribution in [2.24, 2.45) is 0 Å². The summed E-state index contributed by atoms with van der Waals surface area (Å²) in [4.78, 5) is 40.9. The normalized spacial score (nSPS) is 11.0. The van der Waals surface area contributed by atoms with Gasteiger partial charge in [-0.3, -0.25) is 14.4 Å². The quantitative estimate of drug-likeness (QED) is 0.475. The highest BCUT2D eigenvalue weighted by atomic mass is 35.5. The van der Waals surface area contributed by atoms with E-state index in [4.69, 9.17) is 16.0 Å². The Morgan fingerprint density at radius 2 is 1.83 bits per heavy atom. The van der Waals surface area contributed by atoms with Crippen LogP contribution < -0.4 is 10.7 Å². The maximum Gasteiger partial charge on any atom is 0.287 e. The number of halogens is 1. The third kappa shape index (κ3) is 4.72. The fourth-order valence-electron chi connectivity index (χ4n) is 2.94.